The molecular weight excluding hydrogens is 334 g/mol. The third-order valence-electron chi connectivity index (χ3n) is 4.15. The normalized spacial score (nSPS) is 36.4. The maximum atomic E-state index is 13.5. The van der Waals surface area contributed by atoms with Crippen molar-refractivity contribution >= 4 is 8.03 Å². The number of aliphatic hydroxyl groups excluding tert-OH is 1. The molecule has 0 aromatic carbocycles. The van der Waals surface area contributed by atoms with Crippen molar-refractivity contribution in [2.45, 2.75) is 37.1 Å². The molecule has 2 saturated heterocycles. The molecular formula is C12H15FN2O7P+. The molecule has 1 aromatic heterocycles. The Morgan fingerprint density at radius 2 is 2.26 bits per heavy atom. The van der Waals surface area contributed by atoms with Crippen LogP contribution in [0.1, 0.15) is 13.2 Å². The number of aliphatic hydroxyl groups is 1. The largest absolute Gasteiger partial charge is 0.504 e. The molecule has 6 atom stereocenters. The quantitative estimate of drug-likeness (QED) is 0.702. The monoisotopic (exact) mass is 349 g/mol. The Balaban J connectivity index is 1.97. The van der Waals surface area contributed by atoms with Gasteiger partial charge in [0.25, 0.3) is 5.56 Å². The van der Waals surface area contributed by atoms with Gasteiger partial charge in [0, 0.05) is 0 Å². The van der Waals surface area contributed by atoms with E-state index in [1.54, 1.807) is 6.92 Å². The van der Waals surface area contributed by atoms with Crippen LogP contribution in [0.25, 0.3) is 0 Å². The van der Waals surface area contributed by atoms with Gasteiger partial charge in [-0.2, -0.15) is 4.39 Å². The lowest BCUT2D eigenvalue weighted by molar-refractivity contribution is -0.215. The Kier molecular flexibility index (Phi) is 3.97. The Morgan fingerprint density at radius 3 is 2.91 bits per heavy atom. The van der Waals surface area contributed by atoms with Crippen LogP contribution < -0.4 is 11.2 Å². The van der Waals surface area contributed by atoms with Crippen LogP contribution in [0, 0.1) is 5.82 Å². The number of H-pyrrole nitrogens is 1. The average Bonchev–Trinajstić information content (AvgIpc) is 2.88. The summed E-state index contributed by atoms with van der Waals surface area (Å²) in [5, 5.41) is 10.4. The molecule has 9 nitrogen and oxygen atoms in total. The van der Waals surface area contributed by atoms with Crippen molar-refractivity contribution in [1.29, 1.82) is 0 Å². The summed E-state index contributed by atoms with van der Waals surface area (Å²) in [6.45, 7) is 2.78. The van der Waals surface area contributed by atoms with E-state index in [0.29, 0.717) is 6.20 Å². The third-order valence-corrected chi connectivity index (χ3v) is 4.65. The van der Waals surface area contributed by atoms with Crippen LogP contribution in [0.4, 0.5) is 4.39 Å². The zero-order valence-electron chi connectivity index (χ0n) is 12.3. The number of hydrogen-bond donors (Lipinski definition) is 2. The molecule has 0 spiro atoms. The van der Waals surface area contributed by atoms with Crippen LogP contribution in [0.2, 0.25) is 0 Å². The fourth-order valence-electron chi connectivity index (χ4n) is 2.92. The van der Waals surface area contributed by atoms with Crippen molar-refractivity contribution < 1.29 is 28.1 Å². The van der Waals surface area contributed by atoms with Crippen molar-refractivity contribution in [3.8, 4) is 0 Å². The molecule has 2 bridgehead atoms. The van der Waals surface area contributed by atoms with Crippen LogP contribution in [0.15, 0.2) is 15.8 Å². The lowest BCUT2D eigenvalue weighted by atomic mass is 9.94. The average molecular weight is 349 g/mol. The second-order valence-corrected chi connectivity index (χ2v) is 6.65. The second kappa shape index (κ2) is 5.57. The van der Waals surface area contributed by atoms with Gasteiger partial charge in [0.1, 0.15) is 18.8 Å². The van der Waals surface area contributed by atoms with Gasteiger partial charge >= 0.3 is 13.7 Å². The maximum absolute atomic E-state index is 13.5. The molecule has 126 valence electrons. The van der Waals surface area contributed by atoms with Gasteiger partial charge < -0.3 is 14.6 Å². The standard InChI is InChI=1S/C12H14FN2O7P/c1-5-12(4-20-23(2)19)8(16)7(21-5)10(22-12)15-3-6(13)9(17)14-11(15)18/h3,5,7-8,10,16H,4H2,1-2H3/p+1/t5?,7-,8+,10-,12+/m1/s1. The van der Waals surface area contributed by atoms with Crippen molar-refractivity contribution in [3.63, 3.8) is 0 Å². The molecule has 2 fully saturated rings. The van der Waals surface area contributed by atoms with Crippen LogP contribution in [0.5, 0.6) is 0 Å². The Bertz CT molecular complexity index is 765. The minimum Gasteiger partial charge on any atom is -0.387 e. The molecule has 0 amide bonds. The Labute approximate surface area is 129 Å². The van der Waals surface area contributed by atoms with E-state index in [0.717, 1.165) is 4.57 Å². The molecule has 1 aromatic rings. The van der Waals surface area contributed by atoms with Crippen molar-refractivity contribution in [1.82, 2.24) is 9.55 Å². The van der Waals surface area contributed by atoms with E-state index >= 15 is 0 Å². The summed E-state index contributed by atoms with van der Waals surface area (Å²) in [6, 6.07) is 0. The molecule has 0 saturated carbocycles. The van der Waals surface area contributed by atoms with Gasteiger partial charge in [-0.1, -0.05) is 0 Å². The second-order valence-electron chi connectivity index (χ2n) is 5.51. The Morgan fingerprint density at radius 1 is 1.57 bits per heavy atom. The van der Waals surface area contributed by atoms with E-state index in [9.17, 15) is 23.7 Å². The van der Waals surface area contributed by atoms with E-state index in [1.165, 1.54) is 6.66 Å². The first-order chi connectivity index (χ1) is 10.8. The minimum absolute atomic E-state index is 0.214. The fourth-order valence-corrected chi connectivity index (χ4v) is 3.30. The molecule has 3 rings (SSSR count). The number of hydrogen-bond acceptors (Lipinski definition) is 7. The van der Waals surface area contributed by atoms with Crippen molar-refractivity contribution in [2.75, 3.05) is 13.3 Å². The molecule has 11 heteroatoms. The number of nitrogens with one attached hydrogen (secondary N) is 1. The molecule has 2 N–H and O–H groups in total. The summed E-state index contributed by atoms with van der Waals surface area (Å²) in [4.78, 5) is 24.8. The van der Waals surface area contributed by atoms with Crippen molar-refractivity contribution in [3.05, 3.63) is 32.9 Å². The lowest BCUT2D eigenvalue weighted by Crippen LogP contribution is -2.50. The summed E-state index contributed by atoms with van der Waals surface area (Å²) >= 11 is 0. The molecule has 23 heavy (non-hydrogen) atoms. The lowest BCUT2D eigenvalue weighted by Gasteiger charge is -2.34. The number of aromatic nitrogens is 2. The summed E-state index contributed by atoms with van der Waals surface area (Å²) in [6.07, 6.45) is -3.15. The van der Waals surface area contributed by atoms with E-state index in [4.69, 9.17) is 14.0 Å². The number of halogens is 1. The zero-order chi connectivity index (χ0) is 16.9. The molecule has 0 aliphatic carbocycles. The molecule has 2 unspecified atom stereocenters. The van der Waals surface area contributed by atoms with E-state index in [2.05, 4.69) is 0 Å². The summed E-state index contributed by atoms with van der Waals surface area (Å²) in [5.74, 6) is -1.17. The predicted octanol–water partition coefficient (Wildman–Crippen LogP) is -0.520. The highest BCUT2D eigenvalue weighted by Gasteiger charge is 2.66. The number of rotatable bonds is 4. The number of nitrogens with zero attached hydrogens (tertiary/aromatic N) is 1. The first kappa shape index (κ1) is 16.4. The molecule has 3 heterocycles. The highest BCUT2D eigenvalue weighted by Crippen LogP contribution is 2.49. The number of fused-ring (bicyclic) bond motifs is 2. The number of aromatic amines is 1. The van der Waals surface area contributed by atoms with Gasteiger partial charge in [-0.25, -0.2) is 4.79 Å². The van der Waals surface area contributed by atoms with Gasteiger partial charge in [0.05, 0.1) is 12.3 Å². The Hall–Kier alpha value is -1.45. The topological polar surface area (TPSA) is 120 Å². The van der Waals surface area contributed by atoms with Crippen molar-refractivity contribution in [2.24, 2.45) is 0 Å². The zero-order valence-corrected chi connectivity index (χ0v) is 13.2. The highest BCUT2D eigenvalue weighted by molar-refractivity contribution is 7.38. The fraction of sp³-hybridized carbons (Fsp3) is 0.667. The SMILES string of the molecule is CC1O[C@H]2[C@H](n3cc(F)c(=O)[nH]c3=O)O[C@]1(CO[P+](C)=O)[C@H]2O. The molecule has 0 radical (unpaired) electrons. The van der Waals surface area contributed by atoms with Gasteiger partial charge in [-0.15, -0.1) is 4.52 Å². The van der Waals surface area contributed by atoms with Crippen LogP contribution in [0.3, 0.4) is 0 Å². The third kappa shape index (κ3) is 2.47. The first-order valence-corrected chi connectivity index (χ1v) is 8.45. The molecule has 2 aliphatic heterocycles. The molecule has 2 aliphatic rings. The first-order valence-electron chi connectivity index (χ1n) is 6.82. The maximum Gasteiger partial charge on any atom is 0.504 e. The van der Waals surface area contributed by atoms with Crippen LogP contribution >= 0.6 is 8.03 Å². The van der Waals surface area contributed by atoms with E-state index in [1.807, 2.05) is 4.98 Å². The van der Waals surface area contributed by atoms with Gasteiger partial charge in [0.15, 0.2) is 18.5 Å². The predicted molar refractivity (Wildman–Crippen MR) is 74.0 cm³/mol. The highest BCUT2D eigenvalue weighted by atomic mass is 31.1. The summed E-state index contributed by atoms with van der Waals surface area (Å²) in [5.41, 5.74) is -3.37. The van der Waals surface area contributed by atoms with Gasteiger partial charge in [-0.05, 0) is 11.5 Å². The minimum atomic E-state index is -1.93. The van der Waals surface area contributed by atoms with E-state index in [-0.39, 0.29) is 6.61 Å². The summed E-state index contributed by atoms with van der Waals surface area (Å²) in [7, 11) is -1.93. The van der Waals surface area contributed by atoms with Gasteiger partial charge in [0.2, 0.25) is 5.82 Å². The van der Waals surface area contributed by atoms with E-state index < -0.39 is 55.2 Å². The smallest absolute Gasteiger partial charge is 0.387 e. The van der Waals surface area contributed by atoms with Crippen LogP contribution in [-0.2, 0) is 18.6 Å². The number of ether oxygens (including phenoxy) is 2. The van der Waals surface area contributed by atoms with Gasteiger partial charge in [-0.3, -0.25) is 14.3 Å². The summed E-state index contributed by atoms with van der Waals surface area (Å²) < 4.78 is 41.8. The van der Waals surface area contributed by atoms with Crippen LogP contribution in [-0.4, -0.2) is 51.8 Å².